The van der Waals surface area contributed by atoms with Crippen molar-refractivity contribution in [3.63, 3.8) is 0 Å². The van der Waals surface area contributed by atoms with Crippen LogP contribution in [0.25, 0.3) is 0 Å². The van der Waals surface area contributed by atoms with Crippen molar-refractivity contribution in [1.82, 2.24) is 4.90 Å². The number of carbonyl (C=O) groups excluding carboxylic acids is 1. The van der Waals surface area contributed by atoms with Gasteiger partial charge in [0.15, 0.2) is 0 Å². The van der Waals surface area contributed by atoms with Gasteiger partial charge in [-0.2, -0.15) is 0 Å². The topological polar surface area (TPSA) is 55.6 Å². The van der Waals surface area contributed by atoms with E-state index in [4.69, 9.17) is 10.5 Å². The third kappa shape index (κ3) is 3.05. The fourth-order valence-electron chi connectivity index (χ4n) is 3.16. The zero-order chi connectivity index (χ0) is 15.7. The summed E-state index contributed by atoms with van der Waals surface area (Å²) in [5.74, 6) is 0.311. The molecular formula is C17H26N2O2. The first-order chi connectivity index (χ1) is 9.82. The molecule has 1 heterocycles. The SMILES string of the molecule is CC1OC(C)C(C(=O)N(C)C(C)c2cccc(N)c2)C1C. The van der Waals surface area contributed by atoms with Crippen LogP contribution in [0.3, 0.4) is 0 Å². The number of nitrogen functional groups attached to an aromatic ring is 1. The molecule has 1 fully saturated rings. The van der Waals surface area contributed by atoms with Gasteiger partial charge in [-0.25, -0.2) is 0 Å². The first-order valence-electron chi connectivity index (χ1n) is 7.60. The highest BCUT2D eigenvalue weighted by Gasteiger charge is 2.43. The maximum absolute atomic E-state index is 12.8. The molecule has 1 aliphatic heterocycles. The van der Waals surface area contributed by atoms with Gasteiger partial charge < -0.3 is 15.4 Å². The van der Waals surface area contributed by atoms with E-state index in [0.29, 0.717) is 0 Å². The second-order valence-corrected chi connectivity index (χ2v) is 6.23. The largest absolute Gasteiger partial charge is 0.399 e. The normalized spacial score (nSPS) is 30.1. The van der Waals surface area contributed by atoms with Crippen molar-refractivity contribution in [2.45, 2.75) is 45.9 Å². The van der Waals surface area contributed by atoms with Crippen LogP contribution in [-0.2, 0) is 9.53 Å². The molecule has 1 amide bonds. The third-order valence-corrected chi connectivity index (χ3v) is 4.85. The van der Waals surface area contributed by atoms with Crippen molar-refractivity contribution >= 4 is 11.6 Å². The molecule has 116 valence electrons. The minimum Gasteiger partial charge on any atom is -0.399 e. The molecular weight excluding hydrogens is 264 g/mol. The summed E-state index contributed by atoms with van der Waals surface area (Å²) < 4.78 is 5.79. The third-order valence-electron chi connectivity index (χ3n) is 4.85. The lowest BCUT2D eigenvalue weighted by molar-refractivity contribution is -0.138. The van der Waals surface area contributed by atoms with Gasteiger partial charge in [0.05, 0.1) is 24.2 Å². The van der Waals surface area contributed by atoms with E-state index in [1.165, 1.54) is 0 Å². The molecule has 5 unspecified atom stereocenters. The quantitative estimate of drug-likeness (QED) is 0.871. The Balaban J connectivity index is 2.15. The fraction of sp³-hybridized carbons (Fsp3) is 0.588. The van der Waals surface area contributed by atoms with Crippen molar-refractivity contribution in [3.8, 4) is 0 Å². The second kappa shape index (κ2) is 6.06. The minimum absolute atomic E-state index is 0.00342. The van der Waals surface area contributed by atoms with E-state index in [1.807, 2.05) is 57.0 Å². The molecule has 0 saturated carbocycles. The van der Waals surface area contributed by atoms with E-state index < -0.39 is 0 Å². The van der Waals surface area contributed by atoms with Crippen LogP contribution in [0.5, 0.6) is 0 Å². The molecule has 1 aromatic rings. The number of rotatable bonds is 3. The van der Waals surface area contributed by atoms with Crippen LogP contribution in [-0.4, -0.2) is 30.1 Å². The van der Waals surface area contributed by atoms with Crippen LogP contribution in [0.2, 0.25) is 0 Å². The summed E-state index contributed by atoms with van der Waals surface area (Å²) in [6.45, 7) is 8.15. The van der Waals surface area contributed by atoms with E-state index in [9.17, 15) is 4.79 Å². The molecule has 0 aromatic heterocycles. The van der Waals surface area contributed by atoms with Crippen LogP contribution in [0.4, 0.5) is 5.69 Å². The monoisotopic (exact) mass is 290 g/mol. The molecule has 4 heteroatoms. The molecule has 2 rings (SSSR count). The Bertz CT molecular complexity index is 517. The van der Waals surface area contributed by atoms with Gasteiger partial charge in [-0.15, -0.1) is 0 Å². The number of amides is 1. The highest BCUT2D eigenvalue weighted by atomic mass is 16.5. The number of ether oxygens (including phenoxy) is 1. The fourth-order valence-corrected chi connectivity index (χ4v) is 3.16. The van der Waals surface area contributed by atoms with Crippen LogP contribution >= 0.6 is 0 Å². The predicted molar refractivity (Wildman–Crippen MR) is 84.7 cm³/mol. The molecule has 0 bridgehead atoms. The van der Waals surface area contributed by atoms with E-state index in [2.05, 4.69) is 6.92 Å². The molecule has 0 aliphatic carbocycles. The molecule has 21 heavy (non-hydrogen) atoms. The van der Waals surface area contributed by atoms with Crippen LogP contribution in [0, 0.1) is 11.8 Å². The van der Waals surface area contributed by atoms with Gasteiger partial charge in [-0.3, -0.25) is 4.79 Å². The summed E-state index contributed by atoms with van der Waals surface area (Å²) in [5.41, 5.74) is 7.61. The summed E-state index contributed by atoms with van der Waals surface area (Å²) in [7, 11) is 1.86. The van der Waals surface area contributed by atoms with Gasteiger partial charge in [0.25, 0.3) is 0 Å². The lowest BCUT2D eigenvalue weighted by Crippen LogP contribution is -2.40. The maximum atomic E-state index is 12.8. The van der Waals surface area contributed by atoms with E-state index in [-0.39, 0.29) is 36.0 Å². The Morgan fingerprint density at radius 1 is 1.29 bits per heavy atom. The van der Waals surface area contributed by atoms with E-state index in [1.54, 1.807) is 0 Å². The van der Waals surface area contributed by atoms with Gasteiger partial charge >= 0.3 is 0 Å². The molecule has 1 saturated heterocycles. The lowest BCUT2D eigenvalue weighted by atomic mass is 9.88. The number of anilines is 1. The highest BCUT2D eigenvalue weighted by Crippen LogP contribution is 2.35. The van der Waals surface area contributed by atoms with E-state index >= 15 is 0 Å². The van der Waals surface area contributed by atoms with Gasteiger partial charge in [0.2, 0.25) is 5.91 Å². The van der Waals surface area contributed by atoms with Crippen molar-refractivity contribution in [2.75, 3.05) is 12.8 Å². The highest BCUT2D eigenvalue weighted by molar-refractivity contribution is 5.80. The summed E-state index contributed by atoms with van der Waals surface area (Å²) in [6, 6.07) is 7.71. The lowest BCUT2D eigenvalue weighted by Gasteiger charge is -2.30. The van der Waals surface area contributed by atoms with Gasteiger partial charge in [-0.1, -0.05) is 19.1 Å². The van der Waals surface area contributed by atoms with E-state index in [0.717, 1.165) is 11.3 Å². The number of nitrogens with zero attached hydrogens (tertiary/aromatic N) is 1. The minimum atomic E-state index is -0.0755. The Labute approximate surface area is 127 Å². The molecule has 0 radical (unpaired) electrons. The van der Waals surface area contributed by atoms with Crippen LogP contribution < -0.4 is 5.73 Å². The molecule has 0 spiro atoms. The smallest absolute Gasteiger partial charge is 0.228 e. The molecule has 5 atom stereocenters. The average Bonchev–Trinajstić information content (AvgIpc) is 2.70. The Hall–Kier alpha value is -1.55. The van der Waals surface area contributed by atoms with Crippen LogP contribution in [0.1, 0.15) is 39.3 Å². The zero-order valence-corrected chi connectivity index (χ0v) is 13.5. The second-order valence-electron chi connectivity index (χ2n) is 6.23. The molecule has 4 nitrogen and oxygen atoms in total. The summed E-state index contributed by atoms with van der Waals surface area (Å²) in [5, 5.41) is 0. The zero-order valence-electron chi connectivity index (χ0n) is 13.5. The molecule has 2 N–H and O–H groups in total. The standard InChI is InChI=1S/C17H26N2O2/c1-10-12(3)21-13(4)16(10)17(20)19(5)11(2)14-7-6-8-15(18)9-14/h6-13,16H,18H2,1-5H3. The first-order valence-corrected chi connectivity index (χ1v) is 7.60. The van der Waals surface area contributed by atoms with Crippen molar-refractivity contribution in [3.05, 3.63) is 29.8 Å². The van der Waals surface area contributed by atoms with Crippen molar-refractivity contribution < 1.29 is 9.53 Å². The predicted octanol–water partition coefficient (Wildman–Crippen LogP) is 2.85. The Morgan fingerprint density at radius 3 is 2.48 bits per heavy atom. The average molecular weight is 290 g/mol. The number of benzene rings is 1. The number of nitrogens with two attached hydrogens (primary N) is 1. The van der Waals surface area contributed by atoms with Gasteiger partial charge in [0.1, 0.15) is 0 Å². The molecule has 1 aromatic carbocycles. The first kappa shape index (κ1) is 15.8. The Morgan fingerprint density at radius 2 is 1.95 bits per heavy atom. The maximum Gasteiger partial charge on any atom is 0.228 e. The summed E-state index contributed by atoms with van der Waals surface area (Å²) in [4.78, 5) is 14.6. The van der Waals surface area contributed by atoms with Crippen molar-refractivity contribution in [2.24, 2.45) is 11.8 Å². The number of hydrogen-bond acceptors (Lipinski definition) is 3. The summed E-state index contributed by atoms with van der Waals surface area (Å²) >= 11 is 0. The number of carbonyl (C=O) groups is 1. The number of hydrogen-bond donors (Lipinski definition) is 1. The van der Waals surface area contributed by atoms with Crippen molar-refractivity contribution in [1.29, 1.82) is 0 Å². The Kier molecular flexibility index (Phi) is 4.57. The van der Waals surface area contributed by atoms with Gasteiger partial charge in [0, 0.05) is 12.7 Å². The molecule has 1 aliphatic rings. The van der Waals surface area contributed by atoms with Gasteiger partial charge in [-0.05, 0) is 44.4 Å². The summed E-state index contributed by atoms with van der Waals surface area (Å²) in [6.07, 6.45) is 0.100. The van der Waals surface area contributed by atoms with Crippen LogP contribution in [0.15, 0.2) is 24.3 Å².